The Labute approximate surface area is 211 Å². The van der Waals surface area contributed by atoms with Crippen molar-refractivity contribution in [3.05, 3.63) is 60.7 Å². The summed E-state index contributed by atoms with van der Waals surface area (Å²) in [4.78, 5) is 12.4. The van der Waals surface area contributed by atoms with Gasteiger partial charge in [0.2, 0.25) is 0 Å². The van der Waals surface area contributed by atoms with Crippen molar-refractivity contribution in [1.29, 1.82) is 0 Å². The van der Waals surface area contributed by atoms with Gasteiger partial charge in [-0.05, 0) is 52.9 Å². The fourth-order valence-corrected chi connectivity index (χ4v) is 11.4. The normalized spacial score (nSPS) is 29.3. The van der Waals surface area contributed by atoms with Gasteiger partial charge in [-0.2, -0.15) is 0 Å². The van der Waals surface area contributed by atoms with Gasteiger partial charge in [-0.25, -0.2) is 0 Å². The van der Waals surface area contributed by atoms with E-state index < -0.39 is 8.32 Å². The lowest BCUT2D eigenvalue weighted by atomic mass is 9.92. The molecule has 5 rings (SSSR count). The largest absolute Gasteiger partial charge is 0.407 e. The van der Waals surface area contributed by atoms with Crippen LogP contribution in [0, 0.1) is 17.8 Å². The van der Waals surface area contributed by atoms with Crippen LogP contribution in [0.1, 0.15) is 59.3 Å². The monoisotopic (exact) mass is 492 g/mol. The van der Waals surface area contributed by atoms with Crippen molar-refractivity contribution in [2.24, 2.45) is 17.8 Å². The van der Waals surface area contributed by atoms with Crippen LogP contribution in [0.15, 0.2) is 60.7 Å². The maximum atomic E-state index is 12.4. The number of carbonyl (C=O) groups is 1. The molecule has 2 aromatic carbocycles. The zero-order valence-electron chi connectivity index (χ0n) is 21.5. The summed E-state index contributed by atoms with van der Waals surface area (Å²) in [5, 5.41) is 2.52. The Kier molecular flexibility index (Phi) is 7.32. The average Bonchev–Trinajstić information content (AvgIpc) is 3.36. The quantitative estimate of drug-likeness (QED) is 0.505. The highest BCUT2D eigenvalue weighted by Crippen LogP contribution is 2.49. The van der Waals surface area contributed by atoms with E-state index >= 15 is 0 Å². The van der Waals surface area contributed by atoms with Gasteiger partial charge in [-0.1, -0.05) is 81.4 Å². The summed E-state index contributed by atoms with van der Waals surface area (Å²) in [6.45, 7) is 8.37. The predicted octanol–water partition coefficient (Wildman–Crippen LogP) is 5.09. The smallest absolute Gasteiger partial charge is 0.261 e. The lowest BCUT2D eigenvalue weighted by Gasteiger charge is -2.44. The summed E-state index contributed by atoms with van der Waals surface area (Å²) >= 11 is 0. The summed E-state index contributed by atoms with van der Waals surface area (Å²) in [5.74, 6) is 1.40. The molecule has 5 heteroatoms. The van der Waals surface area contributed by atoms with Gasteiger partial charge in [-0.3, -0.25) is 4.79 Å². The first-order valence-corrected chi connectivity index (χ1v) is 15.3. The molecule has 0 aromatic heterocycles. The van der Waals surface area contributed by atoms with Crippen molar-refractivity contribution >= 4 is 24.5 Å². The predicted molar refractivity (Wildman–Crippen MR) is 141 cm³/mol. The highest BCUT2D eigenvalue weighted by molar-refractivity contribution is 6.99. The topological polar surface area (TPSA) is 44.8 Å². The second-order valence-corrected chi connectivity index (χ2v) is 16.0. The van der Waals surface area contributed by atoms with E-state index in [0.29, 0.717) is 37.1 Å². The van der Waals surface area contributed by atoms with Crippen LogP contribution in [0.2, 0.25) is 5.04 Å². The minimum Gasteiger partial charge on any atom is -0.407 e. The van der Waals surface area contributed by atoms with Crippen LogP contribution < -0.4 is 10.4 Å². The van der Waals surface area contributed by atoms with E-state index in [2.05, 4.69) is 81.4 Å². The zero-order valence-corrected chi connectivity index (χ0v) is 22.5. The Morgan fingerprint density at radius 2 is 1.60 bits per heavy atom. The first kappa shape index (κ1) is 24.9. The molecule has 1 heterocycles. The Morgan fingerprint density at radius 1 is 0.943 bits per heavy atom. The minimum atomic E-state index is -2.63. The molecule has 0 amide bonds. The molecule has 2 saturated carbocycles. The van der Waals surface area contributed by atoms with Crippen molar-refractivity contribution in [1.82, 2.24) is 0 Å². The third-order valence-corrected chi connectivity index (χ3v) is 13.5. The van der Waals surface area contributed by atoms with E-state index in [4.69, 9.17) is 13.9 Å². The SMILES string of the molecule is CC(C)(C)[Si](OC[C@@H]1[C@H]2CC(=O)C[C@H]2C[C@H]1OC1CCCCO1)(c1ccccc1)c1ccccc1. The molecule has 1 saturated heterocycles. The summed E-state index contributed by atoms with van der Waals surface area (Å²) in [6.07, 6.45) is 5.55. The molecule has 0 spiro atoms. The van der Waals surface area contributed by atoms with Gasteiger partial charge in [0.25, 0.3) is 8.32 Å². The van der Waals surface area contributed by atoms with Crippen molar-refractivity contribution in [3.63, 3.8) is 0 Å². The van der Waals surface area contributed by atoms with E-state index in [1.54, 1.807) is 0 Å². The summed E-state index contributed by atoms with van der Waals surface area (Å²) in [7, 11) is -2.63. The molecule has 3 fully saturated rings. The molecule has 0 radical (unpaired) electrons. The molecule has 0 bridgehead atoms. The Hall–Kier alpha value is -1.79. The van der Waals surface area contributed by atoms with Crippen molar-refractivity contribution in [2.75, 3.05) is 13.2 Å². The zero-order chi connectivity index (χ0) is 24.5. The van der Waals surface area contributed by atoms with Crippen LogP contribution in [0.3, 0.4) is 0 Å². The van der Waals surface area contributed by atoms with Crippen LogP contribution in [-0.2, 0) is 18.7 Å². The number of hydrogen-bond acceptors (Lipinski definition) is 4. The Bertz CT molecular complexity index is 941. The Morgan fingerprint density at radius 3 is 2.17 bits per heavy atom. The van der Waals surface area contributed by atoms with Gasteiger partial charge in [0.05, 0.1) is 6.10 Å². The molecule has 35 heavy (non-hydrogen) atoms. The minimum absolute atomic E-state index is 0.0674. The summed E-state index contributed by atoms with van der Waals surface area (Å²) in [6, 6.07) is 21.6. The maximum Gasteiger partial charge on any atom is 0.261 e. The molecule has 1 aliphatic heterocycles. The van der Waals surface area contributed by atoms with E-state index in [9.17, 15) is 4.79 Å². The van der Waals surface area contributed by atoms with Gasteiger partial charge in [0.1, 0.15) is 5.78 Å². The molecule has 2 aromatic rings. The number of carbonyl (C=O) groups excluding carboxylic acids is 1. The summed E-state index contributed by atoms with van der Waals surface area (Å²) in [5.41, 5.74) is 0. The Balaban J connectivity index is 1.47. The average molecular weight is 493 g/mol. The van der Waals surface area contributed by atoms with Gasteiger partial charge < -0.3 is 13.9 Å². The third-order valence-electron chi connectivity index (χ3n) is 8.49. The van der Waals surface area contributed by atoms with Crippen LogP contribution in [-0.4, -0.2) is 39.7 Å². The third kappa shape index (κ3) is 4.93. The number of ether oxygens (including phenoxy) is 2. The van der Waals surface area contributed by atoms with E-state index in [-0.39, 0.29) is 23.4 Å². The van der Waals surface area contributed by atoms with E-state index in [1.165, 1.54) is 10.4 Å². The first-order valence-electron chi connectivity index (χ1n) is 13.4. The number of fused-ring (bicyclic) bond motifs is 1. The van der Waals surface area contributed by atoms with Crippen LogP contribution in [0.5, 0.6) is 0 Å². The maximum absolute atomic E-state index is 12.4. The fraction of sp³-hybridized carbons (Fsp3) is 0.567. The molecule has 0 N–H and O–H groups in total. The molecule has 4 nitrogen and oxygen atoms in total. The summed E-state index contributed by atoms with van der Waals surface area (Å²) < 4.78 is 19.9. The van der Waals surface area contributed by atoms with Crippen molar-refractivity contribution in [3.8, 4) is 0 Å². The number of rotatable bonds is 7. The van der Waals surface area contributed by atoms with Crippen molar-refractivity contribution < 1.29 is 18.7 Å². The molecule has 1 unspecified atom stereocenters. The molecule has 2 aliphatic carbocycles. The molecule has 3 aliphatic rings. The van der Waals surface area contributed by atoms with Gasteiger partial charge in [-0.15, -0.1) is 0 Å². The standard InChI is InChI=1S/C30H40O4Si/c1-30(2,3)35(24-12-6-4-7-13-24,25-14-8-5-9-15-25)33-21-27-26-20-23(31)18-22(26)19-28(27)34-29-16-10-11-17-32-29/h4-9,12-15,22,26-29H,10-11,16-21H2,1-3H3/t22-,26-,27+,28+,29?/m0/s1. The van der Waals surface area contributed by atoms with Gasteiger partial charge >= 0.3 is 0 Å². The number of Topliss-reactive ketones (excluding diaryl/α,β-unsaturated/α-hetero) is 1. The first-order chi connectivity index (χ1) is 16.9. The van der Waals surface area contributed by atoms with Gasteiger partial charge in [0, 0.05) is 32.0 Å². The van der Waals surface area contributed by atoms with Crippen LogP contribution >= 0.6 is 0 Å². The second kappa shape index (κ2) is 10.3. The highest BCUT2D eigenvalue weighted by Gasteiger charge is 2.54. The number of ketones is 1. The van der Waals surface area contributed by atoms with Crippen LogP contribution in [0.25, 0.3) is 0 Å². The molecule has 188 valence electrons. The van der Waals surface area contributed by atoms with Gasteiger partial charge in [0.15, 0.2) is 6.29 Å². The molecular formula is C30H40O4Si. The lowest BCUT2D eigenvalue weighted by Crippen LogP contribution is -2.67. The number of benzene rings is 2. The van der Waals surface area contributed by atoms with E-state index in [1.807, 2.05) is 0 Å². The lowest BCUT2D eigenvalue weighted by molar-refractivity contribution is -0.197. The van der Waals surface area contributed by atoms with E-state index in [0.717, 1.165) is 32.3 Å². The fourth-order valence-electron chi connectivity index (χ4n) is 6.85. The highest BCUT2D eigenvalue weighted by atomic mass is 28.4. The molecular weight excluding hydrogens is 452 g/mol. The second-order valence-electron chi connectivity index (χ2n) is 11.7. The molecule has 5 atom stereocenters. The van der Waals surface area contributed by atoms with Crippen LogP contribution in [0.4, 0.5) is 0 Å². The number of hydrogen-bond donors (Lipinski definition) is 0. The van der Waals surface area contributed by atoms with Crippen molar-refractivity contribution in [2.45, 2.75) is 76.7 Å².